The Kier molecular flexibility index (Phi) is 5.80. The lowest BCUT2D eigenvalue weighted by Gasteiger charge is -2.42. The van der Waals surface area contributed by atoms with Crippen LogP contribution in [0.4, 0.5) is 0 Å². The fraction of sp³-hybridized carbons (Fsp3) is 0.688. The second-order valence-corrected chi connectivity index (χ2v) is 6.97. The molecule has 8 heteroatoms. The molecule has 0 radical (unpaired) electrons. The van der Waals surface area contributed by atoms with E-state index in [0.717, 1.165) is 12.8 Å². The minimum Gasteiger partial charge on any atom is -0.378 e. The van der Waals surface area contributed by atoms with Gasteiger partial charge >= 0.3 is 0 Å². The van der Waals surface area contributed by atoms with Gasteiger partial charge in [-0.05, 0) is 19.8 Å². The van der Waals surface area contributed by atoms with Gasteiger partial charge in [-0.25, -0.2) is 0 Å². The summed E-state index contributed by atoms with van der Waals surface area (Å²) < 4.78 is 11.0. The number of nitrogens with zero attached hydrogens (tertiary/aromatic N) is 2. The van der Waals surface area contributed by atoms with Gasteiger partial charge in [-0.3, -0.25) is 14.6 Å². The third-order valence-corrected chi connectivity index (χ3v) is 5.28. The monoisotopic (exact) mass is 353 g/mol. The van der Waals surface area contributed by atoms with Crippen LogP contribution in [0.15, 0.2) is 11.7 Å². The first-order valence-corrected chi connectivity index (χ1v) is 9.23. The quantitative estimate of drug-likeness (QED) is 0.822. The average molecular weight is 353 g/mol. The van der Waals surface area contributed by atoms with Gasteiger partial charge in [0.2, 0.25) is 5.91 Å². The highest BCUT2D eigenvalue weighted by Crippen LogP contribution is 2.32. The molecule has 7 nitrogen and oxygen atoms in total. The molecule has 2 aliphatic rings. The molecule has 1 aromatic heterocycles. The highest BCUT2D eigenvalue weighted by atomic mass is 32.1. The number of morpholine rings is 1. The Labute approximate surface area is 145 Å². The van der Waals surface area contributed by atoms with Crippen molar-refractivity contribution in [2.24, 2.45) is 5.92 Å². The van der Waals surface area contributed by atoms with E-state index in [1.165, 1.54) is 11.3 Å². The molecule has 1 unspecified atom stereocenters. The SMILES string of the molecule is CCOC1CC(C(=O)N2CCOCC2CNC(=O)c2cncs2)C1. The van der Waals surface area contributed by atoms with Crippen molar-refractivity contribution < 1.29 is 19.1 Å². The zero-order valence-corrected chi connectivity index (χ0v) is 14.6. The summed E-state index contributed by atoms with van der Waals surface area (Å²) in [6, 6.07) is -0.116. The minimum atomic E-state index is -0.157. The molecular weight excluding hydrogens is 330 g/mol. The molecule has 24 heavy (non-hydrogen) atoms. The van der Waals surface area contributed by atoms with Crippen LogP contribution in [-0.4, -0.2) is 66.8 Å². The number of carbonyl (C=O) groups is 2. The molecule has 1 aliphatic heterocycles. The number of ether oxygens (including phenoxy) is 2. The van der Waals surface area contributed by atoms with Crippen molar-refractivity contribution in [2.45, 2.75) is 31.9 Å². The lowest BCUT2D eigenvalue weighted by Crippen LogP contribution is -2.56. The lowest BCUT2D eigenvalue weighted by atomic mass is 9.81. The van der Waals surface area contributed by atoms with Crippen LogP contribution in [0.5, 0.6) is 0 Å². The molecule has 132 valence electrons. The number of thiazole rings is 1. The summed E-state index contributed by atoms with van der Waals surface area (Å²) in [5.41, 5.74) is 1.62. The minimum absolute atomic E-state index is 0.0411. The van der Waals surface area contributed by atoms with E-state index in [9.17, 15) is 9.59 Å². The van der Waals surface area contributed by atoms with Crippen LogP contribution in [0.3, 0.4) is 0 Å². The van der Waals surface area contributed by atoms with E-state index in [0.29, 0.717) is 37.8 Å². The predicted molar refractivity (Wildman–Crippen MR) is 88.9 cm³/mol. The van der Waals surface area contributed by atoms with Gasteiger partial charge in [-0.1, -0.05) is 0 Å². The predicted octanol–water partition coefficient (Wildman–Crippen LogP) is 0.915. The number of amides is 2. The van der Waals surface area contributed by atoms with Crippen molar-refractivity contribution in [1.29, 1.82) is 0 Å². The zero-order valence-electron chi connectivity index (χ0n) is 13.8. The van der Waals surface area contributed by atoms with Crippen molar-refractivity contribution >= 4 is 23.2 Å². The fourth-order valence-corrected chi connectivity index (χ4v) is 3.65. The largest absolute Gasteiger partial charge is 0.378 e. The van der Waals surface area contributed by atoms with E-state index < -0.39 is 0 Å². The van der Waals surface area contributed by atoms with Crippen LogP contribution >= 0.6 is 11.3 Å². The first kappa shape index (κ1) is 17.3. The number of hydrogen-bond acceptors (Lipinski definition) is 6. The normalized spacial score (nSPS) is 26.7. The Morgan fingerprint density at radius 2 is 2.33 bits per heavy atom. The highest BCUT2D eigenvalue weighted by Gasteiger charge is 2.40. The molecule has 1 aliphatic carbocycles. The summed E-state index contributed by atoms with van der Waals surface area (Å²) in [6.45, 7) is 4.64. The number of aromatic nitrogens is 1. The molecule has 1 saturated carbocycles. The fourth-order valence-electron chi connectivity index (χ4n) is 3.11. The summed E-state index contributed by atoms with van der Waals surface area (Å²) in [6.07, 6.45) is 3.35. The van der Waals surface area contributed by atoms with Gasteiger partial charge in [0.25, 0.3) is 5.91 Å². The number of carbonyl (C=O) groups excluding carboxylic acids is 2. The van der Waals surface area contributed by atoms with Crippen molar-refractivity contribution in [3.8, 4) is 0 Å². The summed E-state index contributed by atoms with van der Waals surface area (Å²) in [5.74, 6) is 0.0427. The maximum Gasteiger partial charge on any atom is 0.263 e. The number of rotatable bonds is 6. The number of nitrogens with one attached hydrogen (secondary N) is 1. The van der Waals surface area contributed by atoms with Gasteiger partial charge in [0.1, 0.15) is 4.88 Å². The van der Waals surface area contributed by atoms with E-state index in [1.54, 1.807) is 11.7 Å². The van der Waals surface area contributed by atoms with E-state index in [4.69, 9.17) is 9.47 Å². The van der Waals surface area contributed by atoms with Crippen LogP contribution < -0.4 is 5.32 Å². The Hall–Kier alpha value is -1.51. The standard InChI is InChI=1S/C16H23N3O4S/c1-2-23-13-5-11(6-13)16(21)19-3-4-22-9-12(19)7-18-15(20)14-8-17-10-24-14/h8,10-13H,2-7,9H2,1H3,(H,18,20). The van der Waals surface area contributed by atoms with Gasteiger partial charge in [0.05, 0.1) is 37.1 Å². The Morgan fingerprint density at radius 3 is 3.04 bits per heavy atom. The van der Waals surface area contributed by atoms with Crippen molar-refractivity contribution in [3.05, 3.63) is 16.6 Å². The lowest BCUT2D eigenvalue weighted by molar-refractivity contribution is -0.152. The molecule has 2 heterocycles. The Morgan fingerprint density at radius 1 is 1.50 bits per heavy atom. The van der Waals surface area contributed by atoms with Gasteiger partial charge in [-0.2, -0.15) is 0 Å². The van der Waals surface area contributed by atoms with E-state index in [1.807, 2.05) is 11.8 Å². The van der Waals surface area contributed by atoms with Crippen LogP contribution in [-0.2, 0) is 14.3 Å². The molecule has 0 bridgehead atoms. The van der Waals surface area contributed by atoms with Crippen LogP contribution in [0.25, 0.3) is 0 Å². The van der Waals surface area contributed by atoms with E-state index >= 15 is 0 Å². The van der Waals surface area contributed by atoms with Crippen LogP contribution in [0.1, 0.15) is 29.4 Å². The van der Waals surface area contributed by atoms with Crippen LogP contribution in [0.2, 0.25) is 0 Å². The molecule has 3 rings (SSSR count). The van der Waals surface area contributed by atoms with Crippen molar-refractivity contribution in [1.82, 2.24) is 15.2 Å². The maximum absolute atomic E-state index is 12.7. The highest BCUT2D eigenvalue weighted by molar-refractivity contribution is 7.11. The van der Waals surface area contributed by atoms with E-state index in [2.05, 4.69) is 10.3 Å². The summed E-state index contributed by atoms with van der Waals surface area (Å²) in [7, 11) is 0. The summed E-state index contributed by atoms with van der Waals surface area (Å²) >= 11 is 1.30. The maximum atomic E-state index is 12.7. The third-order valence-electron chi connectivity index (χ3n) is 4.51. The molecule has 2 amide bonds. The molecule has 1 aromatic rings. The molecule has 0 spiro atoms. The van der Waals surface area contributed by atoms with Gasteiger partial charge in [0, 0.05) is 25.6 Å². The van der Waals surface area contributed by atoms with Crippen molar-refractivity contribution in [3.63, 3.8) is 0 Å². The summed E-state index contributed by atoms with van der Waals surface area (Å²) in [5, 5.41) is 2.88. The first-order valence-electron chi connectivity index (χ1n) is 8.35. The second kappa shape index (κ2) is 8.04. The molecule has 0 aromatic carbocycles. The molecule has 1 atom stereocenters. The van der Waals surface area contributed by atoms with Gasteiger partial charge in [0.15, 0.2) is 0 Å². The molecule has 1 N–H and O–H groups in total. The molecular formula is C16H23N3O4S. The smallest absolute Gasteiger partial charge is 0.263 e. The first-order chi connectivity index (χ1) is 11.7. The third kappa shape index (κ3) is 3.93. The van der Waals surface area contributed by atoms with Crippen LogP contribution in [0, 0.1) is 5.92 Å². The van der Waals surface area contributed by atoms with E-state index in [-0.39, 0.29) is 29.9 Å². The number of hydrogen-bond donors (Lipinski definition) is 1. The second-order valence-electron chi connectivity index (χ2n) is 6.08. The van der Waals surface area contributed by atoms with Gasteiger partial charge < -0.3 is 19.7 Å². The Bertz CT molecular complexity index is 560. The molecule has 1 saturated heterocycles. The Balaban J connectivity index is 1.52. The zero-order chi connectivity index (χ0) is 16.9. The topological polar surface area (TPSA) is 80.8 Å². The average Bonchev–Trinajstić information content (AvgIpc) is 3.10. The molecule has 2 fully saturated rings. The van der Waals surface area contributed by atoms with Crippen molar-refractivity contribution in [2.75, 3.05) is 32.9 Å². The van der Waals surface area contributed by atoms with Gasteiger partial charge in [-0.15, -0.1) is 11.3 Å². The summed E-state index contributed by atoms with van der Waals surface area (Å²) in [4.78, 5) is 31.1.